The molecule has 0 atom stereocenters. The Labute approximate surface area is 155 Å². The van der Waals surface area contributed by atoms with Crippen LogP contribution in [0.25, 0.3) is 0 Å². The van der Waals surface area contributed by atoms with Crippen molar-refractivity contribution in [2.24, 2.45) is 0 Å². The van der Waals surface area contributed by atoms with Crippen LogP contribution in [0, 0.1) is 0 Å². The average molecular weight is 668 g/mol. The van der Waals surface area contributed by atoms with Crippen molar-refractivity contribution in [1.29, 1.82) is 0 Å². The maximum atomic E-state index is 8.68. The first-order chi connectivity index (χ1) is 10.0. The summed E-state index contributed by atoms with van der Waals surface area (Å²) in [6.07, 6.45) is 6.87. The monoisotopic (exact) mass is 668 g/mol. The molecule has 0 saturated heterocycles. The topological polar surface area (TPSA) is 206 Å². The number of nitrogens with zero attached hydrogens (tertiary/aromatic N) is 2. The van der Waals surface area contributed by atoms with Crippen molar-refractivity contribution in [3.05, 3.63) is 12.4 Å². The highest BCUT2D eigenvalue weighted by Crippen LogP contribution is 2.04. The van der Waals surface area contributed by atoms with Crippen molar-refractivity contribution in [3.63, 3.8) is 0 Å². The Morgan fingerprint density at radius 2 is 1.27 bits per heavy atom. The van der Waals surface area contributed by atoms with Crippen molar-refractivity contribution >= 4 is 0 Å². The van der Waals surface area contributed by atoms with E-state index < -0.39 is 63.2 Å². The molecule has 11 nitrogen and oxygen atoms in total. The number of rotatable bonds is 3. The largest absolute Gasteiger partial charge is 0.503 e. The van der Waals surface area contributed by atoms with E-state index in [0.29, 0.717) is 0 Å². The summed E-state index contributed by atoms with van der Waals surface area (Å²) in [5.74, 6) is 0. The summed E-state index contributed by atoms with van der Waals surface area (Å²) in [7, 11) is 2.10. The zero-order valence-electron chi connectivity index (χ0n) is 11.8. The third-order valence-electron chi connectivity index (χ3n) is 1.74. The van der Waals surface area contributed by atoms with Gasteiger partial charge in [-0.3, -0.25) is 0 Å². The van der Waals surface area contributed by atoms with Gasteiger partial charge in [0.2, 0.25) is 0 Å². The van der Waals surface area contributed by atoms with Gasteiger partial charge in [-0.2, -0.15) is 0 Å². The molecule has 0 unspecified atom stereocenters. The van der Waals surface area contributed by atoms with Gasteiger partial charge in [-0.1, -0.05) is 13.3 Å². The maximum Gasteiger partial charge on any atom is 0.503 e. The zero-order chi connectivity index (χ0) is 18.1. The molecule has 1 aliphatic heterocycles. The minimum Gasteiger partial charge on any atom is -0.396 e. The van der Waals surface area contributed by atoms with E-state index >= 15 is 0 Å². The molecule has 1 aliphatic rings. The standard InChI is InChI=1S/C8H16N2.3HIO3/c1-3-4-5-10-7-6-9(2)8-10;3*2-1(3)4/h6-7H,3-5,8H2,1-2H3;3*2H. The van der Waals surface area contributed by atoms with Crippen LogP contribution in [0.3, 0.4) is 0 Å². The summed E-state index contributed by atoms with van der Waals surface area (Å²) in [5.41, 5.74) is 0. The molecule has 0 spiro atoms. The Balaban J connectivity index is -0.000000253. The predicted molar refractivity (Wildman–Crippen MR) is 50.0 cm³/mol. The van der Waals surface area contributed by atoms with Crippen molar-refractivity contribution < 1.29 is 94.1 Å². The van der Waals surface area contributed by atoms with E-state index in [9.17, 15) is 0 Å². The van der Waals surface area contributed by atoms with Crippen LogP contribution in [0.5, 0.6) is 0 Å². The van der Waals surface area contributed by atoms with Crippen LogP contribution in [0.2, 0.25) is 0 Å². The number of halogens is 3. The molecule has 136 valence electrons. The first-order valence-corrected chi connectivity index (χ1v) is 13.6. The quantitative estimate of drug-likeness (QED) is 0.241. The van der Waals surface area contributed by atoms with Gasteiger partial charge in [0.15, 0.2) is 0 Å². The van der Waals surface area contributed by atoms with Crippen molar-refractivity contribution in [2.75, 3.05) is 20.3 Å². The Morgan fingerprint density at radius 1 is 0.909 bits per heavy atom. The van der Waals surface area contributed by atoms with Crippen LogP contribution in [0.15, 0.2) is 12.4 Å². The van der Waals surface area contributed by atoms with Crippen LogP contribution < -0.4 is 83.8 Å². The minimum atomic E-state index is -3.76. The zero-order valence-corrected chi connectivity index (χ0v) is 18.3. The van der Waals surface area contributed by atoms with Crippen LogP contribution in [0.1, 0.15) is 19.8 Å². The Hall–Kier alpha value is 1.17. The molecule has 1 heterocycles. The maximum absolute atomic E-state index is 8.68. The van der Waals surface area contributed by atoms with Gasteiger partial charge in [-0.25, -0.2) is 0 Å². The Bertz CT molecular complexity index is 226. The van der Waals surface area contributed by atoms with Crippen molar-refractivity contribution in [1.82, 2.24) is 9.80 Å². The van der Waals surface area contributed by atoms with E-state index in [1.54, 1.807) is 0 Å². The molecule has 22 heavy (non-hydrogen) atoms. The fraction of sp³-hybridized carbons (Fsp3) is 0.750. The molecule has 14 heteroatoms. The molecule has 0 saturated carbocycles. The fourth-order valence-corrected chi connectivity index (χ4v) is 1.10. The average Bonchev–Trinajstić information content (AvgIpc) is 2.70. The normalized spacial score (nSPS) is 12.6. The third-order valence-corrected chi connectivity index (χ3v) is 1.74. The van der Waals surface area contributed by atoms with Crippen molar-refractivity contribution in [2.45, 2.75) is 19.8 Å². The molecule has 0 aromatic heterocycles. The molecule has 1 rings (SSSR count). The lowest BCUT2D eigenvalue weighted by Gasteiger charge is -2.17. The van der Waals surface area contributed by atoms with E-state index in [1.807, 2.05) is 0 Å². The van der Waals surface area contributed by atoms with E-state index in [-0.39, 0.29) is 0 Å². The van der Waals surface area contributed by atoms with Gasteiger partial charge in [0, 0.05) is 26.0 Å². The van der Waals surface area contributed by atoms with E-state index in [2.05, 4.69) is 36.2 Å². The molecular formula is C8H19I3N2O9. The predicted octanol–water partition coefficient (Wildman–Crippen LogP) is -16.3. The minimum absolute atomic E-state index is 1.07. The molecular weight excluding hydrogens is 649 g/mol. The van der Waals surface area contributed by atoms with Crippen LogP contribution in [-0.2, 0) is 0 Å². The molecule has 0 aliphatic carbocycles. The molecule has 0 fully saturated rings. The first-order valence-electron chi connectivity index (χ1n) is 5.39. The summed E-state index contributed by atoms with van der Waals surface area (Å²) in [6, 6.07) is 0. The second-order valence-corrected chi connectivity index (χ2v) is 6.91. The number of hydrogen-bond donors (Lipinski definition) is 3. The molecule has 0 aromatic rings. The van der Waals surface area contributed by atoms with Gasteiger partial charge in [0.1, 0.15) is 0 Å². The fourth-order valence-electron chi connectivity index (χ4n) is 1.10. The molecule has 0 bridgehead atoms. The van der Waals surface area contributed by atoms with Crippen LogP contribution >= 0.6 is 0 Å². The Kier molecular flexibility index (Phi) is 25.7. The van der Waals surface area contributed by atoms with Gasteiger partial charge >= 0.3 is 63.2 Å². The van der Waals surface area contributed by atoms with Gasteiger partial charge < -0.3 is 30.4 Å². The second kappa shape index (κ2) is 20.2. The summed E-state index contributed by atoms with van der Waals surface area (Å²) in [6.45, 7) is 4.50. The summed E-state index contributed by atoms with van der Waals surface area (Å²) < 4.78 is 73.4. The molecule has 0 radical (unpaired) electrons. The molecule has 3 N–H and O–H groups in total. The summed E-state index contributed by atoms with van der Waals surface area (Å²) in [4.78, 5) is 4.53. The molecule has 0 aromatic carbocycles. The van der Waals surface area contributed by atoms with Gasteiger partial charge in [-0.15, -0.1) is 0 Å². The SMILES string of the molecule is CCCCN1C=CN(C)C1.[O-][I+2]([O-])O.[O-][I+2]([O-])O.[O-][I+2]([O-])O. The molecule has 0 amide bonds. The van der Waals surface area contributed by atoms with E-state index in [0.717, 1.165) is 6.67 Å². The highest BCUT2D eigenvalue weighted by molar-refractivity contribution is 4.88. The lowest BCUT2D eigenvalue weighted by molar-refractivity contribution is -1.63. The third kappa shape index (κ3) is 42.9. The van der Waals surface area contributed by atoms with Crippen LogP contribution in [-0.4, -0.2) is 40.4 Å². The first kappa shape index (κ1) is 28.0. The summed E-state index contributed by atoms with van der Waals surface area (Å²) in [5, 5.41) is 0. The van der Waals surface area contributed by atoms with E-state index in [1.165, 1.54) is 19.4 Å². The highest BCUT2D eigenvalue weighted by atomic mass is 127. The smallest absolute Gasteiger partial charge is 0.396 e. The van der Waals surface area contributed by atoms with Gasteiger partial charge in [0.05, 0.1) is 6.67 Å². The lowest BCUT2D eigenvalue weighted by Crippen LogP contribution is -3.98. The van der Waals surface area contributed by atoms with Crippen LogP contribution in [0.4, 0.5) is 0 Å². The number of unbranched alkanes of at least 4 members (excludes halogenated alkanes) is 1. The van der Waals surface area contributed by atoms with E-state index in [4.69, 9.17) is 30.9 Å². The summed E-state index contributed by atoms with van der Waals surface area (Å²) >= 11 is -11.3. The van der Waals surface area contributed by atoms with Gasteiger partial charge in [-0.05, 0) is 16.7 Å². The van der Waals surface area contributed by atoms with Crippen molar-refractivity contribution in [3.8, 4) is 0 Å². The second-order valence-electron chi connectivity index (χ2n) is 3.47. The number of hydrogen-bond acceptors (Lipinski definition) is 11. The highest BCUT2D eigenvalue weighted by Gasteiger charge is 2.05. The van der Waals surface area contributed by atoms with Gasteiger partial charge in [0.25, 0.3) is 0 Å². The lowest BCUT2D eigenvalue weighted by atomic mass is 10.3. The Morgan fingerprint density at radius 3 is 1.50 bits per heavy atom.